The van der Waals surface area contributed by atoms with Crippen LogP contribution in [-0.2, 0) is 11.8 Å². The number of nitrogens with zero attached hydrogens (tertiary/aromatic N) is 5. The van der Waals surface area contributed by atoms with E-state index >= 15 is 0 Å². The van der Waals surface area contributed by atoms with Gasteiger partial charge in [0.15, 0.2) is 17.3 Å². The number of halogens is 3. The van der Waals surface area contributed by atoms with Crippen molar-refractivity contribution in [2.75, 3.05) is 32.2 Å². The van der Waals surface area contributed by atoms with E-state index in [0.717, 1.165) is 41.3 Å². The summed E-state index contributed by atoms with van der Waals surface area (Å²) in [5, 5.41) is 11.4. The molecule has 3 heterocycles. The molecule has 184 valence electrons. The highest BCUT2D eigenvalue weighted by atomic mass is 19.4. The van der Waals surface area contributed by atoms with Crippen LogP contribution in [0.2, 0.25) is 0 Å². The van der Waals surface area contributed by atoms with Gasteiger partial charge in [0.2, 0.25) is 0 Å². The zero-order valence-electron chi connectivity index (χ0n) is 19.0. The number of nitrogens with two attached hydrogens (primary N) is 1. The Labute approximate surface area is 193 Å². The summed E-state index contributed by atoms with van der Waals surface area (Å²) < 4.78 is 44.4. The molecule has 1 aliphatic heterocycles. The van der Waals surface area contributed by atoms with Crippen molar-refractivity contribution in [1.29, 1.82) is 0 Å². The molecule has 34 heavy (non-hydrogen) atoms. The average Bonchev–Trinajstić information content (AvgIpc) is 3.36. The van der Waals surface area contributed by atoms with Crippen molar-refractivity contribution in [1.82, 2.24) is 19.7 Å². The van der Waals surface area contributed by atoms with E-state index in [0.29, 0.717) is 11.5 Å². The number of carbonyl (C=O) groups is 1. The van der Waals surface area contributed by atoms with Crippen molar-refractivity contribution in [2.45, 2.75) is 25.1 Å². The van der Waals surface area contributed by atoms with E-state index in [1.807, 2.05) is 43.0 Å². The molecule has 0 saturated carbocycles. The van der Waals surface area contributed by atoms with Crippen molar-refractivity contribution >= 4 is 22.8 Å². The molecule has 3 aromatic rings. The van der Waals surface area contributed by atoms with Crippen molar-refractivity contribution in [3.05, 3.63) is 35.8 Å². The summed E-state index contributed by atoms with van der Waals surface area (Å²) in [4.78, 5) is 20.7. The van der Waals surface area contributed by atoms with Crippen LogP contribution in [0.1, 0.15) is 17.3 Å². The highest BCUT2D eigenvalue weighted by molar-refractivity contribution is 5.81. The number of methoxy groups -OCH3 is 2. The van der Waals surface area contributed by atoms with Crippen LogP contribution in [0.3, 0.4) is 0 Å². The summed E-state index contributed by atoms with van der Waals surface area (Å²) in [6.07, 6.45) is -3.27. The summed E-state index contributed by atoms with van der Waals surface area (Å²) in [6.45, 7) is 3.49. The van der Waals surface area contributed by atoms with Crippen molar-refractivity contribution in [3.63, 3.8) is 0 Å². The second-order valence-electron chi connectivity index (χ2n) is 7.69. The van der Waals surface area contributed by atoms with E-state index in [-0.39, 0.29) is 12.0 Å². The summed E-state index contributed by atoms with van der Waals surface area (Å²) >= 11 is 0. The summed E-state index contributed by atoms with van der Waals surface area (Å²) in [6, 6.07) is 5.76. The number of anilines is 1. The molecular weight excluding hydrogens is 457 g/mol. The lowest BCUT2D eigenvalue weighted by atomic mass is 10.0. The average molecular weight is 482 g/mol. The lowest BCUT2D eigenvalue weighted by Gasteiger charge is -2.20. The molecule has 0 amide bonds. The molecule has 4 rings (SSSR count). The van der Waals surface area contributed by atoms with Crippen molar-refractivity contribution in [2.24, 2.45) is 12.8 Å². The number of benzene rings is 1. The Morgan fingerprint density at radius 3 is 2.18 bits per heavy atom. The van der Waals surface area contributed by atoms with Gasteiger partial charge in [0.05, 0.1) is 30.9 Å². The van der Waals surface area contributed by atoms with Gasteiger partial charge in [-0.15, -0.1) is 0 Å². The predicted molar refractivity (Wildman–Crippen MR) is 117 cm³/mol. The monoisotopic (exact) mass is 482 g/mol. The number of aryl methyl sites for hydroxylation is 2. The van der Waals surface area contributed by atoms with E-state index in [1.54, 1.807) is 14.2 Å². The van der Waals surface area contributed by atoms with Crippen LogP contribution in [0.15, 0.2) is 24.4 Å². The maximum absolute atomic E-state index is 10.6. The van der Waals surface area contributed by atoms with Gasteiger partial charge in [-0.25, -0.2) is 14.8 Å². The number of alkyl halides is 3. The second kappa shape index (κ2) is 9.71. The molecule has 0 bridgehead atoms. The van der Waals surface area contributed by atoms with Crippen molar-refractivity contribution < 1.29 is 32.5 Å². The van der Waals surface area contributed by atoms with Crippen LogP contribution in [0, 0.1) is 6.92 Å². The fraction of sp³-hybridized carbons (Fsp3) is 0.429. The lowest BCUT2D eigenvalue weighted by molar-refractivity contribution is -0.192. The number of hydrogen-bond acceptors (Lipinski definition) is 8. The Kier molecular flexibility index (Phi) is 7.15. The molecule has 0 unspecified atom stereocenters. The highest BCUT2D eigenvalue weighted by Gasteiger charge is 2.38. The third-order valence-electron chi connectivity index (χ3n) is 5.46. The Bertz CT molecular complexity index is 1180. The van der Waals surface area contributed by atoms with Crippen LogP contribution in [-0.4, -0.2) is 70.4 Å². The smallest absolute Gasteiger partial charge is 0.490 e. The third-order valence-corrected chi connectivity index (χ3v) is 5.46. The fourth-order valence-electron chi connectivity index (χ4n) is 3.82. The Hall–Kier alpha value is -3.61. The van der Waals surface area contributed by atoms with Gasteiger partial charge in [-0.3, -0.25) is 4.68 Å². The molecule has 1 fully saturated rings. The molecule has 0 radical (unpaired) electrons. The van der Waals surface area contributed by atoms with Gasteiger partial charge in [0.1, 0.15) is 0 Å². The predicted octanol–water partition coefficient (Wildman–Crippen LogP) is 2.25. The van der Waals surface area contributed by atoms with Gasteiger partial charge in [-0.1, -0.05) is 0 Å². The minimum atomic E-state index is -5.08. The highest BCUT2D eigenvalue weighted by Crippen LogP contribution is 2.34. The van der Waals surface area contributed by atoms with Crippen LogP contribution in [0.5, 0.6) is 11.5 Å². The van der Waals surface area contributed by atoms with Gasteiger partial charge < -0.3 is 25.2 Å². The molecule has 1 aliphatic rings. The fourth-order valence-corrected chi connectivity index (χ4v) is 3.82. The van der Waals surface area contributed by atoms with Crippen molar-refractivity contribution in [3.8, 4) is 11.5 Å². The summed E-state index contributed by atoms with van der Waals surface area (Å²) in [7, 11) is 5.18. The first-order valence-electron chi connectivity index (χ1n) is 10.1. The number of rotatable bonds is 4. The number of hydrogen-bond donors (Lipinski definition) is 2. The molecule has 1 saturated heterocycles. The quantitative estimate of drug-likeness (QED) is 0.575. The maximum atomic E-state index is 10.6. The van der Waals surface area contributed by atoms with Crippen LogP contribution in [0.4, 0.5) is 19.0 Å². The third kappa shape index (κ3) is 5.14. The zero-order valence-corrected chi connectivity index (χ0v) is 19.0. The number of fused-ring (bicyclic) bond motifs is 1. The minimum absolute atomic E-state index is 0.0164. The van der Waals surface area contributed by atoms with Gasteiger partial charge in [-0.05, 0) is 13.0 Å². The number of aromatic nitrogens is 4. The Morgan fingerprint density at radius 1 is 1.15 bits per heavy atom. The first-order chi connectivity index (χ1) is 16.0. The van der Waals surface area contributed by atoms with E-state index in [9.17, 15) is 13.2 Å². The standard InChI is InChI=1S/C19H24N6O2.C2HF3O2/c1-11-19(23-15-8-18(27-4)17(26-3)7-14(15)22-11)25-9-12(13(20)10-25)16-5-6-21-24(16)2;3-2(4,5)1(6)7/h5-8,12-13H,9-10,20H2,1-4H3;(H,6,7)/t12-,13-;/m1./s1. The van der Waals surface area contributed by atoms with Gasteiger partial charge in [-0.2, -0.15) is 18.3 Å². The maximum Gasteiger partial charge on any atom is 0.490 e. The first-order valence-corrected chi connectivity index (χ1v) is 10.1. The molecule has 3 N–H and O–H groups in total. The summed E-state index contributed by atoms with van der Waals surface area (Å²) in [5.74, 6) is -0.409. The Morgan fingerprint density at radius 2 is 1.71 bits per heavy atom. The molecular formula is C21H25F3N6O4. The molecule has 13 heteroatoms. The second-order valence-corrected chi connectivity index (χ2v) is 7.69. The van der Waals surface area contributed by atoms with Crippen LogP contribution >= 0.6 is 0 Å². The van der Waals surface area contributed by atoms with Gasteiger partial charge >= 0.3 is 12.1 Å². The minimum Gasteiger partial charge on any atom is -0.493 e. The topological polar surface area (TPSA) is 129 Å². The number of aliphatic carboxylic acids is 1. The largest absolute Gasteiger partial charge is 0.493 e. The van der Waals surface area contributed by atoms with Gasteiger partial charge in [0.25, 0.3) is 0 Å². The van der Waals surface area contributed by atoms with E-state index in [4.69, 9.17) is 35.1 Å². The molecule has 2 aromatic heterocycles. The SMILES string of the molecule is COc1cc2nc(C)c(N3C[C@@H](N)[C@H](c4ccnn4C)C3)nc2cc1OC.O=C(O)C(F)(F)F. The summed E-state index contributed by atoms with van der Waals surface area (Å²) in [5.41, 5.74) is 10.0. The number of ether oxygens (including phenoxy) is 2. The first kappa shape index (κ1) is 25.0. The number of carboxylic acid groups (broad SMARTS) is 1. The molecule has 0 aliphatic carbocycles. The number of carboxylic acids is 1. The lowest BCUT2D eigenvalue weighted by Crippen LogP contribution is -2.29. The Balaban J connectivity index is 0.000000406. The van der Waals surface area contributed by atoms with E-state index in [2.05, 4.69) is 10.00 Å². The van der Waals surface area contributed by atoms with E-state index in [1.165, 1.54) is 0 Å². The van der Waals surface area contributed by atoms with Crippen LogP contribution < -0.4 is 20.1 Å². The molecule has 10 nitrogen and oxygen atoms in total. The molecule has 0 spiro atoms. The zero-order chi connectivity index (χ0) is 25.2. The molecule has 2 atom stereocenters. The normalized spacial score (nSPS) is 17.9. The van der Waals surface area contributed by atoms with E-state index < -0.39 is 12.1 Å². The molecule has 1 aromatic carbocycles. The van der Waals surface area contributed by atoms with Gasteiger partial charge in [0, 0.05) is 56.1 Å². The van der Waals surface area contributed by atoms with Crippen LogP contribution in [0.25, 0.3) is 11.0 Å².